The van der Waals surface area contributed by atoms with E-state index in [-0.39, 0.29) is 11.5 Å². The fourth-order valence-electron chi connectivity index (χ4n) is 2.58. The second-order valence-corrected chi connectivity index (χ2v) is 5.61. The molecule has 0 aromatic carbocycles. The van der Waals surface area contributed by atoms with Crippen LogP contribution < -0.4 is 0 Å². The molecule has 0 aromatic heterocycles. The van der Waals surface area contributed by atoms with Crippen LogP contribution in [0.2, 0.25) is 0 Å². The van der Waals surface area contributed by atoms with Crippen molar-refractivity contribution in [3.05, 3.63) is 10.1 Å². The largest absolute Gasteiger partial charge is 0.389 e. The fourth-order valence-corrected chi connectivity index (χ4v) is 2.58. The molecule has 0 aliphatic carbocycles. The fraction of sp³-hybridized carbons (Fsp3) is 1.00. The lowest BCUT2D eigenvalue weighted by molar-refractivity contribution is -0.576. The van der Waals surface area contributed by atoms with Gasteiger partial charge in [-0.3, -0.25) is 10.1 Å². The van der Waals surface area contributed by atoms with Crippen molar-refractivity contribution in [2.45, 2.75) is 90.0 Å². The molecule has 0 rings (SSSR count). The lowest BCUT2D eigenvalue weighted by atomic mass is 9.89. The molecule has 114 valence electrons. The lowest BCUT2D eigenvalue weighted by Gasteiger charge is -2.22. The van der Waals surface area contributed by atoms with Crippen molar-refractivity contribution in [1.82, 2.24) is 0 Å². The summed E-state index contributed by atoms with van der Waals surface area (Å²) < 4.78 is 0. The van der Waals surface area contributed by atoms with Crippen LogP contribution in [-0.4, -0.2) is 22.2 Å². The summed E-state index contributed by atoms with van der Waals surface area (Å²) in [6.07, 6.45) is 11.2. The molecule has 0 aliphatic heterocycles. The Balaban J connectivity index is 3.78. The molecule has 1 atom stereocenters. The van der Waals surface area contributed by atoms with Gasteiger partial charge in [-0.15, -0.1) is 0 Å². The quantitative estimate of drug-likeness (QED) is 0.309. The number of nitrogens with zero attached hydrogens (tertiary/aromatic N) is 1. The van der Waals surface area contributed by atoms with Crippen LogP contribution in [0.15, 0.2) is 0 Å². The van der Waals surface area contributed by atoms with E-state index < -0.39 is 5.54 Å². The molecule has 0 heterocycles. The van der Waals surface area contributed by atoms with E-state index in [2.05, 4.69) is 6.92 Å². The Bertz CT molecular complexity index is 233. The molecule has 19 heavy (non-hydrogen) atoms. The van der Waals surface area contributed by atoms with Crippen LogP contribution in [0, 0.1) is 10.1 Å². The Labute approximate surface area is 117 Å². The first-order valence-corrected chi connectivity index (χ1v) is 7.88. The molecule has 1 unspecified atom stereocenters. The molecule has 0 aromatic rings. The highest BCUT2D eigenvalue weighted by atomic mass is 16.6. The standard InChI is InChI=1S/C15H31NO3/c1-3-5-6-7-8-9-10-11-13-15(14-17,12-4-2)16(18)19/h17H,3-14H2,1-2H3. The number of nitro groups is 1. The number of rotatable bonds is 13. The van der Waals surface area contributed by atoms with Gasteiger partial charge in [-0.05, 0) is 12.8 Å². The van der Waals surface area contributed by atoms with E-state index in [0.717, 1.165) is 25.7 Å². The van der Waals surface area contributed by atoms with E-state index in [1.165, 1.54) is 32.1 Å². The van der Waals surface area contributed by atoms with E-state index >= 15 is 0 Å². The highest BCUT2D eigenvalue weighted by molar-refractivity contribution is 4.78. The van der Waals surface area contributed by atoms with Crippen LogP contribution in [0.25, 0.3) is 0 Å². The minimum absolute atomic E-state index is 0.266. The highest BCUT2D eigenvalue weighted by Gasteiger charge is 2.40. The molecule has 0 saturated heterocycles. The minimum Gasteiger partial charge on any atom is -0.389 e. The Morgan fingerprint density at radius 2 is 1.42 bits per heavy atom. The lowest BCUT2D eigenvalue weighted by Crippen LogP contribution is -2.42. The van der Waals surface area contributed by atoms with Gasteiger partial charge in [0.15, 0.2) is 0 Å². The monoisotopic (exact) mass is 273 g/mol. The van der Waals surface area contributed by atoms with Gasteiger partial charge in [-0.2, -0.15) is 0 Å². The predicted molar refractivity (Wildman–Crippen MR) is 78.9 cm³/mol. The SMILES string of the molecule is CCCCCCCCCCC(CO)(CCC)[N+](=O)[O-]. The van der Waals surface area contributed by atoms with Crippen molar-refractivity contribution >= 4 is 0 Å². The zero-order valence-electron chi connectivity index (χ0n) is 12.7. The van der Waals surface area contributed by atoms with E-state index in [9.17, 15) is 15.2 Å². The summed E-state index contributed by atoms with van der Waals surface area (Å²) in [6, 6.07) is 0. The third kappa shape index (κ3) is 7.51. The molecule has 0 bridgehead atoms. The predicted octanol–water partition coefficient (Wildman–Crippen LogP) is 4.33. The molecule has 0 saturated carbocycles. The number of hydrogen-bond acceptors (Lipinski definition) is 3. The molecule has 4 heteroatoms. The molecule has 0 radical (unpaired) electrons. The molecule has 1 N–H and O–H groups in total. The normalized spacial score (nSPS) is 14.3. The maximum absolute atomic E-state index is 11.1. The molecule has 0 aliphatic rings. The molecule has 4 nitrogen and oxygen atoms in total. The summed E-state index contributed by atoms with van der Waals surface area (Å²) in [5.74, 6) is 0. The van der Waals surface area contributed by atoms with Gasteiger partial charge < -0.3 is 5.11 Å². The van der Waals surface area contributed by atoms with Crippen molar-refractivity contribution < 1.29 is 10.0 Å². The second-order valence-electron chi connectivity index (χ2n) is 5.61. The summed E-state index contributed by atoms with van der Waals surface area (Å²) in [5.41, 5.74) is -1.09. The maximum atomic E-state index is 11.1. The topological polar surface area (TPSA) is 63.4 Å². The first kappa shape index (κ1) is 18.4. The van der Waals surface area contributed by atoms with Crippen LogP contribution in [0.5, 0.6) is 0 Å². The Kier molecular flexibility index (Phi) is 10.8. The average Bonchev–Trinajstić information content (AvgIpc) is 2.40. The Morgan fingerprint density at radius 3 is 1.84 bits per heavy atom. The Morgan fingerprint density at radius 1 is 0.895 bits per heavy atom. The first-order chi connectivity index (χ1) is 9.13. The number of unbranched alkanes of at least 4 members (excludes halogenated alkanes) is 7. The smallest absolute Gasteiger partial charge is 0.244 e. The van der Waals surface area contributed by atoms with Crippen molar-refractivity contribution in [3.8, 4) is 0 Å². The summed E-state index contributed by atoms with van der Waals surface area (Å²) in [6.45, 7) is 3.81. The first-order valence-electron chi connectivity index (χ1n) is 7.88. The van der Waals surface area contributed by atoms with E-state index in [1.54, 1.807) is 0 Å². The summed E-state index contributed by atoms with van der Waals surface area (Å²) in [5, 5.41) is 20.5. The number of hydrogen-bond donors (Lipinski definition) is 1. The molecule has 0 amide bonds. The van der Waals surface area contributed by atoms with Crippen LogP contribution in [0.1, 0.15) is 84.5 Å². The summed E-state index contributed by atoms with van der Waals surface area (Å²) in [4.78, 5) is 10.9. The van der Waals surface area contributed by atoms with Gasteiger partial charge in [0.1, 0.15) is 6.61 Å². The van der Waals surface area contributed by atoms with Gasteiger partial charge in [-0.25, -0.2) is 0 Å². The summed E-state index contributed by atoms with van der Waals surface area (Å²) >= 11 is 0. The zero-order valence-corrected chi connectivity index (χ0v) is 12.7. The van der Waals surface area contributed by atoms with Gasteiger partial charge in [0.05, 0.1) is 0 Å². The Hall–Kier alpha value is -0.640. The van der Waals surface area contributed by atoms with Crippen molar-refractivity contribution in [2.75, 3.05) is 6.61 Å². The zero-order chi connectivity index (χ0) is 14.6. The molecule has 0 spiro atoms. The highest BCUT2D eigenvalue weighted by Crippen LogP contribution is 2.24. The van der Waals surface area contributed by atoms with Crippen LogP contribution in [0.4, 0.5) is 0 Å². The van der Waals surface area contributed by atoms with Crippen LogP contribution in [0.3, 0.4) is 0 Å². The molecular weight excluding hydrogens is 242 g/mol. The van der Waals surface area contributed by atoms with Crippen molar-refractivity contribution in [2.24, 2.45) is 0 Å². The van der Waals surface area contributed by atoms with Gasteiger partial charge in [0, 0.05) is 17.8 Å². The van der Waals surface area contributed by atoms with E-state index in [1.807, 2.05) is 6.92 Å². The average molecular weight is 273 g/mol. The van der Waals surface area contributed by atoms with E-state index in [0.29, 0.717) is 12.8 Å². The van der Waals surface area contributed by atoms with Crippen molar-refractivity contribution in [1.29, 1.82) is 0 Å². The van der Waals surface area contributed by atoms with Gasteiger partial charge >= 0.3 is 0 Å². The third-order valence-electron chi connectivity index (χ3n) is 3.89. The van der Waals surface area contributed by atoms with Gasteiger partial charge in [-0.1, -0.05) is 58.8 Å². The van der Waals surface area contributed by atoms with Gasteiger partial charge in [0.25, 0.3) is 0 Å². The molecular formula is C15H31NO3. The van der Waals surface area contributed by atoms with Crippen LogP contribution >= 0.6 is 0 Å². The van der Waals surface area contributed by atoms with Gasteiger partial charge in [0.2, 0.25) is 5.54 Å². The minimum atomic E-state index is -1.09. The van der Waals surface area contributed by atoms with Crippen LogP contribution in [-0.2, 0) is 0 Å². The van der Waals surface area contributed by atoms with E-state index in [4.69, 9.17) is 0 Å². The molecule has 0 fully saturated rings. The van der Waals surface area contributed by atoms with Crippen molar-refractivity contribution in [3.63, 3.8) is 0 Å². The maximum Gasteiger partial charge on any atom is 0.244 e. The third-order valence-corrected chi connectivity index (χ3v) is 3.89. The number of aliphatic hydroxyl groups excluding tert-OH is 1. The second kappa shape index (κ2) is 11.2. The number of aliphatic hydroxyl groups is 1. The summed E-state index contributed by atoms with van der Waals surface area (Å²) in [7, 11) is 0.